The van der Waals surface area contributed by atoms with Gasteiger partial charge in [0, 0.05) is 27.6 Å². The van der Waals surface area contributed by atoms with Gasteiger partial charge in [0.15, 0.2) is 5.78 Å². The van der Waals surface area contributed by atoms with E-state index in [0.717, 1.165) is 21.4 Å². The smallest absolute Gasteiger partial charge is 0.229 e. The number of rotatable bonds is 5. The molecule has 0 amide bonds. The summed E-state index contributed by atoms with van der Waals surface area (Å²) in [6.07, 6.45) is 1.68. The van der Waals surface area contributed by atoms with Crippen LogP contribution in [0.15, 0.2) is 59.2 Å². The maximum Gasteiger partial charge on any atom is 0.229 e. The Hall–Kier alpha value is -2.73. The van der Waals surface area contributed by atoms with Crippen molar-refractivity contribution in [3.05, 3.63) is 70.3 Å². The fraction of sp³-hybridized carbons (Fsp3) is 0.105. The molecule has 5 nitrogen and oxygen atoms in total. The Bertz CT molecular complexity index is 927. The normalized spacial score (nSPS) is 10.4. The van der Waals surface area contributed by atoms with E-state index in [4.69, 9.17) is 0 Å². The second kappa shape index (κ2) is 7.44. The molecular formula is C19H17BrN4O. The predicted molar refractivity (Wildman–Crippen MR) is 104 cm³/mol. The van der Waals surface area contributed by atoms with Crippen LogP contribution >= 0.6 is 15.9 Å². The summed E-state index contributed by atoms with van der Waals surface area (Å²) < 4.78 is 1.06. The Labute approximate surface area is 154 Å². The van der Waals surface area contributed by atoms with Gasteiger partial charge in [-0.15, -0.1) is 0 Å². The highest BCUT2D eigenvalue weighted by Crippen LogP contribution is 2.23. The van der Waals surface area contributed by atoms with Crippen molar-refractivity contribution in [3.63, 3.8) is 0 Å². The standard InChI is InChI=1S/C19H17BrN4O/c1-12-10-16(6-7-17(12)20)22-18-8-9-21-19(24-18)23-15-5-3-4-14(11-15)13(2)25/h3-11H,1-2H3,(H2,21,22,23,24). The van der Waals surface area contributed by atoms with Crippen LogP contribution in [0.5, 0.6) is 0 Å². The summed E-state index contributed by atoms with van der Waals surface area (Å²) in [7, 11) is 0. The third-order valence-electron chi connectivity index (χ3n) is 3.61. The molecule has 0 aliphatic rings. The second-order valence-corrected chi connectivity index (χ2v) is 6.47. The first-order chi connectivity index (χ1) is 12.0. The first-order valence-electron chi connectivity index (χ1n) is 7.75. The minimum atomic E-state index is 0.0191. The van der Waals surface area contributed by atoms with Gasteiger partial charge in [0.2, 0.25) is 5.95 Å². The number of hydrogen-bond acceptors (Lipinski definition) is 5. The van der Waals surface area contributed by atoms with Crippen LogP contribution in [0.25, 0.3) is 0 Å². The summed E-state index contributed by atoms with van der Waals surface area (Å²) >= 11 is 3.49. The molecule has 0 bridgehead atoms. The van der Waals surface area contributed by atoms with Crippen molar-refractivity contribution >= 4 is 44.9 Å². The maximum absolute atomic E-state index is 11.5. The highest BCUT2D eigenvalue weighted by Gasteiger charge is 2.04. The summed E-state index contributed by atoms with van der Waals surface area (Å²) in [5.41, 5.74) is 3.50. The van der Waals surface area contributed by atoms with Crippen molar-refractivity contribution in [1.29, 1.82) is 0 Å². The number of aryl methyl sites for hydroxylation is 1. The molecule has 0 saturated carbocycles. The minimum Gasteiger partial charge on any atom is -0.340 e. The Kier molecular flexibility index (Phi) is 5.09. The molecule has 0 aliphatic heterocycles. The number of carbonyl (C=O) groups is 1. The van der Waals surface area contributed by atoms with Gasteiger partial charge >= 0.3 is 0 Å². The van der Waals surface area contributed by atoms with Gasteiger partial charge in [-0.25, -0.2) is 4.98 Å². The van der Waals surface area contributed by atoms with E-state index in [1.54, 1.807) is 31.3 Å². The topological polar surface area (TPSA) is 66.9 Å². The van der Waals surface area contributed by atoms with Crippen molar-refractivity contribution < 1.29 is 4.79 Å². The molecule has 0 spiro atoms. The summed E-state index contributed by atoms with van der Waals surface area (Å²) in [6, 6.07) is 15.1. The molecule has 6 heteroatoms. The van der Waals surface area contributed by atoms with Gasteiger partial charge in [-0.3, -0.25) is 4.79 Å². The first kappa shape index (κ1) is 17.1. The van der Waals surface area contributed by atoms with E-state index in [9.17, 15) is 4.79 Å². The van der Waals surface area contributed by atoms with Crippen molar-refractivity contribution in [2.75, 3.05) is 10.6 Å². The van der Waals surface area contributed by atoms with Crippen molar-refractivity contribution in [2.24, 2.45) is 0 Å². The average Bonchev–Trinajstić information content (AvgIpc) is 2.59. The van der Waals surface area contributed by atoms with E-state index in [0.29, 0.717) is 17.3 Å². The summed E-state index contributed by atoms with van der Waals surface area (Å²) in [5.74, 6) is 1.16. The number of anilines is 4. The molecule has 0 atom stereocenters. The zero-order valence-electron chi connectivity index (χ0n) is 13.9. The molecule has 25 heavy (non-hydrogen) atoms. The maximum atomic E-state index is 11.5. The lowest BCUT2D eigenvalue weighted by molar-refractivity contribution is 0.101. The number of carbonyl (C=O) groups excluding carboxylic acids is 1. The minimum absolute atomic E-state index is 0.0191. The van der Waals surface area contributed by atoms with Crippen molar-refractivity contribution in [2.45, 2.75) is 13.8 Å². The monoisotopic (exact) mass is 396 g/mol. The fourth-order valence-corrected chi connectivity index (χ4v) is 2.55. The molecule has 3 aromatic rings. The molecule has 1 heterocycles. The first-order valence-corrected chi connectivity index (χ1v) is 8.55. The van der Waals surface area contributed by atoms with E-state index in [-0.39, 0.29) is 5.78 Å². The van der Waals surface area contributed by atoms with Gasteiger partial charge in [-0.1, -0.05) is 28.1 Å². The molecule has 2 N–H and O–H groups in total. The van der Waals surface area contributed by atoms with E-state index in [2.05, 4.69) is 36.5 Å². The Morgan fingerprint density at radius 3 is 2.60 bits per heavy atom. The van der Waals surface area contributed by atoms with Crippen LogP contribution < -0.4 is 10.6 Å². The highest BCUT2D eigenvalue weighted by molar-refractivity contribution is 9.10. The number of aromatic nitrogens is 2. The molecule has 2 aromatic carbocycles. The molecule has 0 fully saturated rings. The lowest BCUT2D eigenvalue weighted by atomic mass is 10.1. The average molecular weight is 397 g/mol. The molecule has 0 radical (unpaired) electrons. The molecule has 0 unspecified atom stereocenters. The largest absolute Gasteiger partial charge is 0.340 e. The fourth-order valence-electron chi connectivity index (χ4n) is 2.30. The molecule has 0 aliphatic carbocycles. The molecule has 126 valence electrons. The SMILES string of the molecule is CC(=O)c1cccc(Nc2nccc(Nc3ccc(Br)c(C)c3)n2)c1. The van der Waals surface area contributed by atoms with E-state index in [1.165, 1.54) is 0 Å². The van der Waals surface area contributed by atoms with Crippen LogP contribution in [0.2, 0.25) is 0 Å². The van der Waals surface area contributed by atoms with Crippen molar-refractivity contribution in [1.82, 2.24) is 9.97 Å². The van der Waals surface area contributed by atoms with E-state index < -0.39 is 0 Å². The van der Waals surface area contributed by atoms with Crippen LogP contribution in [0.4, 0.5) is 23.1 Å². The zero-order valence-corrected chi connectivity index (χ0v) is 15.5. The van der Waals surface area contributed by atoms with Crippen LogP contribution in [0.1, 0.15) is 22.8 Å². The summed E-state index contributed by atoms with van der Waals surface area (Å²) in [5, 5.41) is 6.39. The molecule has 1 aromatic heterocycles. The lowest BCUT2D eigenvalue weighted by Crippen LogP contribution is -2.01. The number of hydrogen-bond donors (Lipinski definition) is 2. The Morgan fingerprint density at radius 2 is 1.84 bits per heavy atom. The van der Waals surface area contributed by atoms with Gasteiger partial charge in [-0.05, 0) is 55.8 Å². The van der Waals surface area contributed by atoms with Gasteiger partial charge < -0.3 is 10.6 Å². The Balaban J connectivity index is 1.78. The predicted octanol–water partition coefficient (Wildman–Crippen LogP) is 5.24. The number of nitrogens with one attached hydrogen (secondary N) is 2. The van der Waals surface area contributed by atoms with Crippen LogP contribution in [-0.2, 0) is 0 Å². The van der Waals surface area contributed by atoms with Gasteiger partial charge in [0.05, 0.1) is 0 Å². The van der Waals surface area contributed by atoms with Gasteiger partial charge in [0.25, 0.3) is 0 Å². The third kappa shape index (κ3) is 4.42. The Morgan fingerprint density at radius 1 is 1.04 bits per heavy atom. The number of Topliss-reactive ketones (excluding diaryl/α,β-unsaturated/α-hetero) is 1. The summed E-state index contributed by atoms with van der Waals surface area (Å²) in [6.45, 7) is 3.57. The summed E-state index contributed by atoms with van der Waals surface area (Å²) in [4.78, 5) is 20.2. The number of nitrogens with zero attached hydrogens (tertiary/aromatic N) is 2. The number of ketones is 1. The van der Waals surface area contributed by atoms with Crippen LogP contribution in [-0.4, -0.2) is 15.8 Å². The van der Waals surface area contributed by atoms with Crippen LogP contribution in [0.3, 0.4) is 0 Å². The lowest BCUT2D eigenvalue weighted by Gasteiger charge is -2.10. The zero-order chi connectivity index (χ0) is 17.8. The van der Waals surface area contributed by atoms with Crippen molar-refractivity contribution in [3.8, 4) is 0 Å². The highest BCUT2D eigenvalue weighted by atomic mass is 79.9. The van der Waals surface area contributed by atoms with Gasteiger partial charge in [0.1, 0.15) is 5.82 Å². The quantitative estimate of drug-likeness (QED) is 0.577. The second-order valence-electron chi connectivity index (χ2n) is 5.62. The van der Waals surface area contributed by atoms with E-state index >= 15 is 0 Å². The molecule has 3 rings (SSSR count). The molecular weight excluding hydrogens is 380 g/mol. The molecule has 0 saturated heterocycles. The number of benzene rings is 2. The number of halogens is 1. The van der Waals surface area contributed by atoms with Crippen LogP contribution in [0, 0.1) is 6.92 Å². The third-order valence-corrected chi connectivity index (χ3v) is 4.50. The van der Waals surface area contributed by atoms with E-state index in [1.807, 2.05) is 37.3 Å². The van der Waals surface area contributed by atoms with Gasteiger partial charge in [-0.2, -0.15) is 4.98 Å².